The van der Waals surface area contributed by atoms with Crippen LogP contribution in [-0.4, -0.2) is 46.8 Å². The van der Waals surface area contributed by atoms with Gasteiger partial charge in [-0.3, -0.25) is 4.79 Å². The Bertz CT molecular complexity index is 1110. The standard InChI is InChI=1S/C22H19Cl2F3N2O2S2/c1-11-5-12(3-4-17(11)20(30)28-16-9-33-10-16)18-19(32-2)21(31-29-18,22(25,26)27)13-6-14(23)8-15(24)7-13/h3-8,16,19H,9-10H2,1-2H3,(H,28,30). The molecule has 2 atom stereocenters. The molecule has 0 bridgehead atoms. The first kappa shape index (κ1) is 24.6. The highest BCUT2D eigenvalue weighted by atomic mass is 35.5. The monoisotopic (exact) mass is 534 g/mol. The molecule has 2 unspecified atom stereocenters. The molecule has 1 N–H and O–H groups in total. The maximum Gasteiger partial charge on any atom is 0.436 e. The molecule has 0 spiro atoms. The highest BCUT2D eigenvalue weighted by Gasteiger charge is 2.68. The molecule has 1 saturated heterocycles. The van der Waals surface area contributed by atoms with Gasteiger partial charge >= 0.3 is 6.18 Å². The molecule has 176 valence electrons. The zero-order valence-electron chi connectivity index (χ0n) is 17.5. The van der Waals surface area contributed by atoms with E-state index in [2.05, 4.69) is 10.5 Å². The van der Waals surface area contributed by atoms with Gasteiger partial charge in [-0.2, -0.15) is 36.7 Å². The summed E-state index contributed by atoms with van der Waals surface area (Å²) >= 11 is 14.7. The molecule has 0 radical (unpaired) electrons. The van der Waals surface area contributed by atoms with Gasteiger partial charge in [0.15, 0.2) is 0 Å². The summed E-state index contributed by atoms with van der Waals surface area (Å²) in [5.74, 6) is 1.55. The van der Waals surface area contributed by atoms with Crippen LogP contribution < -0.4 is 5.32 Å². The summed E-state index contributed by atoms with van der Waals surface area (Å²) in [5.41, 5.74) is -1.31. The van der Waals surface area contributed by atoms with Gasteiger partial charge in [-0.25, -0.2) is 0 Å². The van der Waals surface area contributed by atoms with Gasteiger partial charge in [-0.1, -0.05) is 34.4 Å². The fourth-order valence-corrected chi connectivity index (χ4v) is 6.10. The molecule has 2 aromatic carbocycles. The zero-order chi connectivity index (χ0) is 24.0. The summed E-state index contributed by atoms with van der Waals surface area (Å²) in [4.78, 5) is 17.8. The molecule has 0 saturated carbocycles. The number of halogens is 5. The van der Waals surface area contributed by atoms with Crippen molar-refractivity contribution in [1.82, 2.24) is 5.32 Å². The fourth-order valence-electron chi connectivity index (χ4n) is 3.89. The third-order valence-corrected chi connectivity index (χ3v) is 8.33. The molecule has 2 aromatic rings. The topological polar surface area (TPSA) is 50.7 Å². The summed E-state index contributed by atoms with van der Waals surface area (Å²) in [7, 11) is 0. The number of oxime groups is 1. The van der Waals surface area contributed by atoms with Crippen LogP contribution >= 0.6 is 46.7 Å². The molecule has 2 aliphatic heterocycles. The SMILES string of the molecule is CSC1C(c2ccc(C(=O)NC3CSC3)c(C)c2)=NOC1(c1cc(Cl)cc(Cl)c1)C(F)(F)F. The molecular formula is C22H19Cl2F3N2O2S2. The van der Waals surface area contributed by atoms with Crippen molar-refractivity contribution < 1.29 is 22.8 Å². The van der Waals surface area contributed by atoms with E-state index in [4.69, 9.17) is 28.0 Å². The lowest BCUT2D eigenvalue weighted by Crippen LogP contribution is -2.51. The first-order chi connectivity index (χ1) is 15.6. The van der Waals surface area contributed by atoms with Gasteiger partial charge in [0, 0.05) is 44.3 Å². The van der Waals surface area contributed by atoms with Crippen molar-refractivity contribution in [3.8, 4) is 0 Å². The van der Waals surface area contributed by atoms with Crippen LogP contribution in [0, 0.1) is 6.92 Å². The van der Waals surface area contributed by atoms with Crippen molar-refractivity contribution in [2.45, 2.75) is 30.0 Å². The fraction of sp³-hybridized carbons (Fsp3) is 0.364. The Balaban J connectivity index is 1.70. The van der Waals surface area contributed by atoms with E-state index in [0.29, 0.717) is 16.7 Å². The van der Waals surface area contributed by atoms with Gasteiger partial charge in [0.2, 0.25) is 0 Å². The van der Waals surface area contributed by atoms with Crippen molar-refractivity contribution in [1.29, 1.82) is 0 Å². The number of nitrogens with zero attached hydrogens (tertiary/aromatic N) is 1. The molecule has 1 fully saturated rings. The van der Waals surface area contributed by atoms with Crippen molar-refractivity contribution in [2.24, 2.45) is 5.16 Å². The Hall–Kier alpha value is -1.55. The Morgan fingerprint density at radius 1 is 1.21 bits per heavy atom. The van der Waals surface area contributed by atoms with Crippen LogP contribution in [0.1, 0.15) is 27.0 Å². The molecule has 33 heavy (non-hydrogen) atoms. The smallest absolute Gasteiger partial charge is 0.373 e. The lowest BCUT2D eigenvalue weighted by molar-refractivity contribution is -0.273. The van der Waals surface area contributed by atoms with E-state index >= 15 is 0 Å². The Kier molecular flexibility index (Phi) is 6.88. The second kappa shape index (κ2) is 9.24. The maximum atomic E-state index is 14.5. The predicted molar refractivity (Wildman–Crippen MR) is 129 cm³/mol. The third kappa shape index (κ3) is 4.45. The van der Waals surface area contributed by atoms with Gasteiger partial charge in [0.25, 0.3) is 11.5 Å². The van der Waals surface area contributed by atoms with E-state index in [0.717, 1.165) is 23.3 Å². The van der Waals surface area contributed by atoms with Crippen molar-refractivity contribution in [3.05, 3.63) is 68.7 Å². The van der Waals surface area contributed by atoms with E-state index in [1.165, 1.54) is 18.2 Å². The van der Waals surface area contributed by atoms with Crippen molar-refractivity contribution in [2.75, 3.05) is 17.8 Å². The van der Waals surface area contributed by atoms with Crippen molar-refractivity contribution in [3.63, 3.8) is 0 Å². The number of carbonyl (C=O) groups is 1. The minimum atomic E-state index is -4.81. The highest BCUT2D eigenvalue weighted by Crippen LogP contribution is 2.53. The van der Waals surface area contributed by atoms with E-state index in [-0.39, 0.29) is 33.3 Å². The molecular weight excluding hydrogens is 516 g/mol. The van der Waals surface area contributed by atoms with E-state index in [1.54, 1.807) is 43.1 Å². The van der Waals surface area contributed by atoms with Crippen molar-refractivity contribution >= 4 is 58.3 Å². The molecule has 4 nitrogen and oxygen atoms in total. The van der Waals surface area contributed by atoms with Crippen LogP contribution in [-0.2, 0) is 10.4 Å². The summed E-state index contributed by atoms with van der Waals surface area (Å²) in [6, 6.07) is 8.76. The molecule has 4 rings (SSSR count). The number of amides is 1. The molecule has 11 heteroatoms. The number of hydrogen-bond donors (Lipinski definition) is 1. The Morgan fingerprint density at radius 3 is 2.39 bits per heavy atom. The lowest BCUT2D eigenvalue weighted by atomic mass is 9.85. The van der Waals surface area contributed by atoms with E-state index < -0.39 is 17.0 Å². The molecule has 1 amide bonds. The maximum absolute atomic E-state index is 14.5. The predicted octanol–water partition coefficient (Wildman–Crippen LogP) is 6.07. The largest absolute Gasteiger partial charge is 0.436 e. The average Bonchev–Trinajstić information content (AvgIpc) is 3.10. The quantitative estimate of drug-likeness (QED) is 0.505. The zero-order valence-corrected chi connectivity index (χ0v) is 20.6. The normalized spacial score (nSPS) is 23.0. The van der Waals surface area contributed by atoms with Crippen LogP contribution in [0.15, 0.2) is 41.6 Å². The Morgan fingerprint density at radius 2 is 1.88 bits per heavy atom. The van der Waals surface area contributed by atoms with Gasteiger partial charge in [0.05, 0.1) is 0 Å². The summed E-state index contributed by atoms with van der Waals surface area (Å²) in [6.45, 7) is 1.74. The van der Waals surface area contributed by atoms with E-state index in [1.807, 2.05) is 0 Å². The number of carbonyl (C=O) groups excluding carboxylic acids is 1. The number of thioether (sulfide) groups is 2. The minimum Gasteiger partial charge on any atom is -0.373 e. The van der Waals surface area contributed by atoms with Crippen LogP contribution in [0.5, 0.6) is 0 Å². The summed E-state index contributed by atoms with van der Waals surface area (Å²) in [6.07, 6.45) is -3.25. The van der Waals surface area contributed by atoms with Gasteiger partial charge in [0.1, 0.15) is 11.0 Å². The number of aryl methyl sites for hydroxylation is 1. The molecule has 2 aliphatic rings. The highest BCUT2D eigenvalue weighted by molar-refractivity contribution is 8.00. The second-order valence-corrected chi connectivity index (χ2v) is 10.7. The van der Waals surface area contributed by atoms with Gasteiger partial charge in [-0.05, 0) is 49.1 Å². The minimum absolute atomic E-state index is 0.0640. The number of benzene rings is 2. The first-order valence-electron chi connectivity index (χ1n) is 9.88. The van der Waals surface area contributed by atoms with Crippen LogP contribution in [0.4, 0.5) is 13.2 Å². The number of alkyl halides is 3. The summed E-state index contributed by atoms with van der Waals surface area (Å²) in [5, 5.41) is 5.75. The van der Waals surface area contributed by atoms with Crippen LogP contribution in [0.2, 0.25) is 10.0 Å². The molecule has 0 aromatic heterocycles. The van der Waals surface area contributed by atoms with Gasteiger partial charge in [-0.15, -0.1) is 0 Å². The second-order valence-electron chi connectivity index (χ2n) is 7.81. The molecule has 2 heterocycles. The average molecular weight is 535 g/mol. The summed E-state index contributed by atoms with van der Waals surface area (Å²) < 4.78 is 43.6. The molecule has 0 aliphatic carbocycles. The van der Waals surface area contributed by atoms with Gasteiger partial charge < -0.3 is 10.2 Å². The third-order valence-electron chi connectivity index (χ3n) is 5.59. The number of nitrogens with one attached hydrogen (secondary N) is 1. The lowest BCUT2D eigenvalue weighted by Gasteiger charge is -2.34. The Labute approximate surface area is 207 Å². The first-order valence-corrected chi connectivity index (χ1v) is 13.1. The van der Waals surface area contributed by atoms with Crippen LogP contribution in [0.3, 0.4) is 0 Å². The van der Waals surface area contributed by atoms with Crippen LogP contribution in [0.25, 0.3) is 0 Å². The number of hydrogen-bond acceptors (Lipinski definition) is 5. The number of rotatable bonds is 5. The van der Waals surface area contributed by atoms with E-state index in [9.17, 15) is 18.0 Å².